The molecule has 0 atom stereocenters. The van der Waals surface area contributed by atoms with E-state index in [1.807, 2.05) is 24.3 Å². The van der Waals surface area contributed by atoms with Crippen molar-refractivity contribution in [1.82, 2.24) is 19.9 Å². The zero-order valence-electron chi connectivity index (χ0n) is 17.3. The van der Waals surface area contributed by atoms with Crippen LogP contribution < -0.4 is 16.2 Å². The molecule has 31 heavy (non-hydrogen) atoms. The van der Waals surface area contributed by atoms with E-state index in [0.29, 0.717) is 22.4 Å². The van der Waals surface area contributed by atoms with Crippen LogP contribution >= 0.6 is 11.6 Å². The minimum atomic E-state index is -0.725. The summed E-state index contributed by atoms with van der Waals surface area (Å²) in [6.07, 6.45) is 7.74. The topological polar surface area (TPSA) is 88.9 Å². The van der Waals surface area contributed by atoms with Gasteiger partial charge in [0.1, 0.15) is 5.54 Å². The number of amides is 1. The summed E-state index contributed by atoms with van der Waals surface area (Å²) < 4.78 is 1.56. The van der Waals surface area contributed by atoms with E-state index in [2.05, 4.69) is 20.6 Å². The van der Waals surface area contributed by atoms with E-state index in [9.17, 15) is 9.59 Å². The number of nitrogens with one attached hydrogen (secondary N) is 2. The first kappa shape index (κ1) is 21.1. The van der Waals surface area contributed by atoms with Crippen LogP contribution in [0, 0.1) is 0 Å². The molecule has 4 rings (SSSR count). The minimum Gasteiger partial charge on any atom is -0.357 e. The number of hydrogen-bond acceptors (Lipinski definition) is 5. The van der Waals surface area contributed by atoms with Gasteiger partial charge < -0.3 is 10.6 Å². The summed E-state index contributed by atoms with van der Waals surface area (Å²) in [6.45, 7) is 0. The molecule has 0 spiro atoms. The van der Waals surface area contributed by atoms with E-state index in [4.69, 9.17) is 11.6 Å². The molecule has 8 heteroatoms. The maximum absolute atomic E-state index is 12.7. The number of rotatable bonds is 5. The molecule has 1 aliphatic rings. The van der Waals surface area contributed by atoms with Crippen LogP contribution in [-0.2, 0) is 4.79 Å². The van der Waals surface area contributed by atoms with Gasteiger partial charge in [-0.3, -0.25) is 14.2 Å². The van der Waals surface area contributed by atoms with Crippen molar-refractivity contribution in [3.8, 4) is 16.9 Å². The predicted molar refractivity (Wildman–Crippen MR) is 122 cm³/mol. The molecule has 160 valence electrons. The van der Waals surface area contributed by atoms with Gasteiger partial charge in [-0.2, -0.15) is 0 Å². The van der Waals surface area contributed by atoms with Gasteiger partial charge >= 0.3 is 0 Å². The maximum atomic E-state index is 12.7. The van der Waals surface area contributed by atoms with Crippen LogP contribution in [0.1, 0.15) is 32.1 Å². The summed E-state index contributed by atoms with van der Waals surface area (Å²) in [4.78, 5) is 33.8. The van der Waals surface area contributed by atoms with E-state index < -0.39 is 5.54 Å². The Hall–Kier alpha value is -3.19. The van der Waals surface area contributed by atoms with Gasteiger partial charge in [0.2, 0.25) is 11.9 Å². The standard InChI is InChI=1S/C23H24ClN5O2/c1-25-21(31)23(11-4-2-5-12-23)28-22-26-15-18(24)20(27-22)16-8-7-9-17(14-16)29-13-6-3-10-19(29)30/h3,6-10,13-15H,2,4-5,11-12H2,1H3,(H,25,31)(H,26,27,28). The van der Waals surface area contributed by atoms with Crippen LogP contribution in [0.15, 0.2) is 59.7 Å². The highest BCUT2D eigenvalue weighted by molar-refractivity contribution is 6.32. The highest BCUT2D eigenvalue weighted by Gasteiger charge is 2.39. The van der Waals surface area contributed by atoms with Crippen LogP contribution in [0.3, 0.4) is 0 Å². The number of anilines is 1. The van der Waals surface area contributed by atoms with Gasteiger partial charge in [-0.15, -0.1) is 0 Å². The molecule has 0 bridgehead atoms. The van der Waals surface area contributed by atoms with Gasteiger partial charge in [0.25, 0.3) is 5.56 Å². The Morgan fingerprint density at radius 1 is 1.13 bits per heavy atom. The Kier molecular flexibility index (Phi) is 6.04. The van der Waals surface area contributed by atoms with Crippen LogP contribution in [0.2, 0.25) is 5.02 Å². The van der Waals surface area contributed by atoms with Crippen LogP contribution in [-0.4, -0.2) is 33.0 Å². The molecule has 1 aliphatic carbocycles. The van der Waals surface area contributed by atoms with E-state index in [1.165, 1.54) is 12.3 Å². The molecule has 0 unspecified atom stereocenters. The molecular weight excluding hydrogens is 414 g/mol. The van der Waals surface area contributed by atoms with E-state index in [-0.39, 0.29) is 11.5 Å². The van der Waals surface area contributed by atoms with Crippen molar-refractivity contribution >= 4 is 23.5 Å². The molecule has 0 radical (unpaired) electrons. The fraction of sp³-hybridized carbons (Fsp3) is 0.304. The summed E-state index contributed by atoms with van der Waals surface area (Å²) in [5, 5.41) is 6.45. The monoisotopic (exact) mass is 437 g/mol. The molecule has 1 amide bonds. The number of aromatic nitrogens is 3. The Labute approximate surface area is 185 Å². The Balaban J connectivity index is 1.70. The van der Waals surface area contributed by atoms with Gasteiger partial charge in [0.15, 0.2) is 0 Å². The van der Waals surface area contributed by atoms with E-state index in [0.717, 1.165) is 37.7 Å². The molecule has 0 aliphatic heterocycles. The van der Waals surface area contributed by atoms with Crippen molar-refractivity contribution in [3.63, 3.8) is 0 Å². The number of pyridine rings is 1. The number of carbonyl (C=O) groups excluding carboxylic acids is 1. The fourth-order valence-electron chi connectivity index (χ4n) is 4.09. The largest absolute Gasteiger partial charge is 0.357 e. The lowest BCUT2D eigenvalue weighted by molar-refractivity contribution is -0.126. The second-order valence-corrected chi connectivity index (χ2v) is 8.10. The maximum Gasteiger partial charge on any atom is 0.255 e. The van der Waals surface area contributed by atoms with Crippen molar-refractivity contribution in [2.24, 2.45) is 0 Å². The highest BCUT2D eigenvalue weighted by atomic mass is 35.5. The first-order chi connectivity index (χ1) is 15.0. The lowest BCUT2D eigenvalue weighted by atomic mass is 9.81. The molecule has 0 saturated heterocycles. The van der Waals surface area contributed by atoms with Crippen LogP contribution in [0.25, 0.3) is 16.9 Å². The van der Waals surface area contributed by atoms with Gasteiger partial charge in [0.05, 0.1) is 16.9 Å². The van der Waals surface area contributed by atoms with Gasteiger partial charge in [-0.25, -0.2) is 9.97 Å². The fourth-order valence-corrected chi connectivity index (χ4v) is 4.29. The van der Waals surface area contributed by atoms with Crippen molar-refractivity contribution < 1.29 is 4.79 Å². The predicted octanol–water partition coefficient (Wildman–Crippen LogP) is 3.81. The molecule has 1 fully saturated rings. The van der Waals surface area contributed by atoms with Gasteiger partial charge in [0, 0.05) is 30.6 Å². The SMILES string of the molecule is CNC(=O)C1(Nc2ncc(Cl)c(-c3cccc(-n4ccccc4=O)c3)n2)CCCCC1. The number of hydrogen-bond donors (Lipinski definition) is 2. The summed E-state index contributed by atoms with van der Waals surface area (Å²) in [5.74, 6) is 0.296. The number of benzene rings is 1. The number of carbonyl (C=O) groups is 1. The van der Waals surface area contributed by atoms with Crippen molar-refractivity contribution in [3.05, 3.63) is 70.2 Å². The zero-order chi connectivity index (χ0) is 21.8. The molecule has 1 saturated carbocycles. The van der Waals surface area contributed by atoms with Crippen molar-refractivity contribution in [2.45, 2.75) is 37.6 Å². The van der Waals surface area contributed by atoms with Crippen LogP contribution in [0.5, 0.6) is 0 Å². The number of halogens is 1. The molecule has 3 aromatic rings. The number of nitrogens with zero attached hydrogens (tertiary/aromatic N) is 3. The molecular formula is C23H24ClN5O2. The second kappa shape index (κ2) is 8.89. The lowest BCUT2D eigenvalue weighted by Crippen LogP contribution is -2.53. The van der Waals surface area contributed by atoms with E-state index in [1.54, 1.807) is 29.9 Å². The minimum absolute atomic E-state index is 0.0576. The first-order valence-corrected chi connectivity index (χ1v) is 10.7. The number of likely N-dealkylation sites (N-methyl/N-ethyl adjacent to an activating group) is 1. The summed E-state index contributed by atoms with van der Waals surface area (Å²) in [5.41, 5.74) is 1.15. The van der Waals surface area contributed by atoms with Gasteiger partial charge in [-0.1, -0.05) is 49.1 Å². The molecule has 2 aromatic heterocycles. The first-order valence-electron chi connectivity index (χ1n) is 10.3. The smallest absolute Gasteiger partial charge is 0.255 e. The molecule has 7 nitrogen and oxygen atoms in total. The lowest BCUT2D eigenvalue weighted by Gasteiger charge is -2.36. The zero-order valence-corrected chi connectivity index (χ0v) is 18.0. The Morgan fingerprint density at radius 3 is 2.68 bits per heavy atom. The quantitative estimate of drug-likeness (QED) is 0.633. The van der Waals surface area contributed by atoms with Crippen LogP contribution in [0.4, 0.5) is 5.95 Å². The Morgan fingerprint density at radius 2 is 1.94 bits per heavy atom. The molecule has 2 heterocycles. The van der Waals surface area contributed by atoms with Crippen molar-refractivity contribution in [1.29, 1.82) is 0 Å². The average molecular weight is 438 g/mol. The Bertz CT molecular complexity index is 1150. The molecule has 1 aromatic carbocycles. The third-order valence-corrected chi connectivity index (χ3v) is 5.96. The summed E-state index contributed by atoms with van der Waals surface area (Å²) in [7, 11) is 1.64. The van der Waals surface area contributed by atoms with Gasteiger partial charge in [-0.05, 0) is 31.0 Å². The summed E-state index contributed by atoms with van der Waals surface area (Å²) >= 11 is 6.43. The third kappa shape index (κ3) is 4.32. The second-order valence-electron chi connectivity index (χ2n) is 7.70. The average Bonchev–Trinajstić information content (AvgIpc) is 2.81. The summed E-state index contributed by atoms with van der Waals surface area (Å²) in [6, 6.07) is 12.4. The molecule has 2 N–H and O–H groups in total. The normalized spacial score (nSPS) is 15.3. The highest BCUT2D eigenvalue weighted by Crippen LogP contribution is 2.33. The van der Waals surface area contributed by atoms with E-state index >= 15 is 0 Å². The third-order valence-electron chi connectivity index (χ3n) is 5.68. The van der Waals surface area contributed by atoms with Crippen molar-refractivity contribution in [2.75, 3.05) is 12.4 Å².